The molecule has 116 valence electrons. The van der Waals surface area contributed by atoms with E-state index in [-0.39, 0.29) is 5.82 Å². The summed E-state index contributed by atoms with van der Waals surface area (Å²) in [5.41, 5.74) is 7.21. The van der Waals surface area contributed by atoms with Gasteiger partial charge in [0.05, 0.1) is 5.69 Å². The SMILES string of the molecule is NCCN1CCN(c2ccc(-c3ccc(F)cc3)nn2)CC1. The van der Waals surface area contributed by atoms with Gasteiger partial charge in [-0.15, -0.1) is 10.2 Å². The maximum absolute atomic E-state index is 12.9. The largest absolute Gasteiger partial charge is 0.353 e. The van der Waals surface area contributed by atoms with E-state index in [9.17, 15) is 4.39 Å². The number of piperazine rings is 1. The molecule has 1 aromatic carbocycles. The van der Waals surface area contributed by atoms with E-state index in [4.69, 9.17) is 5.73 Å². The molecule has 2 aromatic rings. The second kappa shape index (κ2) is 6.81. The van der Waals surface area contributed by atoms with Gasteiger partial charge in [0.2, 0.25) is 0 Å². The van der Waals surface area contributed by atoms with Crippen LogP contribution in [0.1, 0.15) is 0 Å². The molecule has 0 radical (unpaired) electrons. The van der Waals surface area contributed by atoms with Gasteiger partial charge in [-0.2, -0.15) is 0 Å². The molecule has 0 aliphatic carbocycles. The second-order valence-corrected chi connectivity index (χ2v) is 5.40. The Bertz CT molecular complexity index is 591. The van der Waals surface area contributed by atoms with Crippen LogP contribution in [-0.4, -0.2) is 54.4 Å². The van der Waals surface area contributed by atoms with Crippen molar-refractivity contribution in [3.63, 3.8) is 0 Å². The fraction of sp³-hybridized carbons (Fsp3) is 0.375. The van der Waals surface area contributed by atoms with Gasteiger partial charge in [-0.1, -0.05) is 0 Å². The zero-order chi connectivity index (χ0) is 15.4. The highest BCUT2D eigenvalue weighted by molar-refractivity contribution is 5.59. The number of rotatable bonds is 4. The van der Waals surface area contributed by atoms with Gasteiger partial charge in [0, 0.05) is 44.8 Å². The Labute approximate surface area is 129 Å². The minimum Gasteiger partial charge on any atom is -0.353 e. The molecule has 2 N–H and O–H groups in total. The van der Waals surface area contributed by atoms with Gasteiger partial charge in [0.1, 0.15) is 5.82 Å². The molecule has 1 aliphatic rings. The van der Waals surface area contributed by atoms with Crippen LogP contribution in [0.2, 0.25) is 0 Å². The summed E-state index contributed by atoms with van der Waals surface area (Å²) in [4.78, 5) is 4.59. The first-order valence-electron chi connectivity index (χ1n) is 7.53. The molecule has 6 heteroatoms. The van der Waals surface area contributed by atoms with Crippen LogP contribution in [0.5, 0.6) is 0 Å². The molecule has 0 bridgehead atoms. The average molecular weight is 301 g/mol. The van der Waals surface area contributed by atoms with E-state index in [1.807, 2.05) is 12.1 Å². The summed E-state index contributed by atoms with van der Waals surface area (Å²) in [7, 11) is 0. The smallest absolute Gasteiger partial charge is 0.151 e. The van der Waals surface area contributed by atoms with E-state index in [1.165, 1.54) is 12.1 Å². The quantitative estimate of drug-likeness (QED) is 0.924. The molecular formula is C16H20FN5. The van der Waals surface area contributed by atoms with Crippen molar-refractivity contribution in [2.75, 3.05) is 44.2 Å². The Kier molecular flexibility index (Phi) is 4.60. The van der Waals surface area contributed by atoms with E-state index in [0.29, 0.717) is 6.54 Å². The Balaban J connectivity index is 1.66. The third-order valence-electron chi connectivity index (χ3n) is 3.93. The van der Waals surface area contributed by atoms with Crippen molar-refractivity contribution in [1.82, 2.24) is 15.1 Å². The van der Waals surface area contributed by atoms with Gasteiger partial charge in [-0.3, -0.25) is 4.90 Å². The number of hydrogen-bond acceptors (Lipinski definition) is 5. The van der Waals surface area contributed by atoms with Crippen molar-refractivity contribution in [3.05, 3.63) is 42.2 Å². The Morgan fingerprint density at radius 2 is 1.68 bits per heavy atom. The van der Waals surface area contributed by atoms with E-state index in [1.54, 1.807) is 12.1 Å². The van der Waals surface area contributed by atoms with Crippen LogP contribution in [0.15, 0.2) is 36.4 Å². The number of aromatic nitrogens is 2. The number of hydrogen-bond donors (Lipinski definition) is 1. The lowest BCUT2D eigenvalue weighted by atomic mass is 10.1. The summed E-state index contributed by atoms with van der Waals surface area (Å²) in [5.74, 6) is 0.641. The molecule has 2 heterocycles. The highest BCUT2D eigenvalue weighted by Crippen LogP contribution is 2.19. The van der Waals surface area contributed by atoms with Gasteiger partial charge in [0.25, 0.3) is 0 Å². The summed E-state index contributed by atoms with van der Waals surface area (Å²) in [5, 5.41) is 8.57. The number of anilines is 1. The summed E-state index contributed by atoms with van der Waals surface area (Å²) < 4.78 is 12.9. The molecule has 22 heavy (non-hydrogen) atoms. The topological polar surface area (TPSA) is 58.3 Å². The van der Waals surface area contributed by atoms with E-state index >= 15 is 0 Å². The fourth-order valence-electron chi connectivity index (χ4n) is 2.65. The van der Waals surface area contributed by atoms with Crippen molar-refractivity contribution in [3.8, 4) is 11.3 Å². The lowest BCUT2D eigenvalue weighted by Crippen LogP contribution is -2.48. The van der Waals surface area contributed by atoms with Crippen molar-refractivity contribution < 1.29 is 4.39 Å². The molecule has 0 saturated carbocycles. The normalized spacial score (nSPS) is 16.0. The maximum Gasteiger partial charge on any atom is 0.151 e. The Morgan fingerprint density at radius 1 is 0.955 bits per heavy atom. The molecule has 0 spiro atoms. The minimum absolute atomic E-state index is 0.247. The predicted molar refractivity (Wildman–Crippen MR) is 85.1 cm³/mol. The fourth-order valence-corrected chi connectivity index (χ4v) is 2.65. The molecular weight excluding hydrogens is 281 g/mol. The van der Waals surface area contributed by atoms with Crippen LogP contribution in [-0.2, 0) is 0 Å². The number of nitrogens with zero attached hydrogens (tertiary/aromatic N) is 4. The van der Waals surface area contributed by atoms with Gasteiger partial charge in [-0.25, -0.2) is 4.39 Å². The number of benzene rings is 1. The van der Waals surface area contributed by atoms with Crippen molar-refractivity contribution in [1.29, 1.82) is 0 Å². The summed E-state index contributed by atoms with van der Waals surface area (Å²) in [6, 6.07) is 10.2. The monoisotopic (exact) mass is 301 g/mol. The molecule has 0 unspecified atom stereocenters. The number of halogens is 1. The summed E-state index contributed by atoms with van der Waals surface area (Å²) in [6.45, 7) is 5.52. The van der Waals surface area contributed by atoms with Crippen molar-refractivity contribution in [2.45, 2.75) is 0 Å². The van der Waals surface area contributed by atoms with Crippen LogP contribution in [0.3, 0.4) is 0 Å². The van der Waals surface area contributed by atoms with Gasteiger partial charge in [0.15, 0.2) is 5.82 Å². The van der Waals surface area contributed by atoms with Crippen LogP contribution < -0.4 is 10.6 Å². The zero-order valence-corrected chi connectivity index (χ0v) is 12.5. The minimum atomic E-state index is -0.247. The first-order valence-corrected chi connectivity index (χ1v) is 7.53. The van der Waals surface area contributed by atoms with E-state index in [2.05, 4.69) is 20.0 Å². The molecule has 0 atom stereocenters. The first-order chi connectivity index (χ1) is 10.8. The first kappa shape index (κ1) is 14.9. The highest BCUT2D eigenvalue weighted by Gasteiger charge is 2.17. The molecule has 1 saturated heterocycles. The van der Waals surface area contributed by atoms with Gasteiger partial charge >= 0.3 is 0 Å². The average Bonchev–Trinajstić information content (AvgIpc) is 2.57. The van der Waals surface area contributed by atoms with Crippen LogP contribution in [0, 0.1) is 5.82 Å². The van der Waals surface area contributed by atoms with E-state index in [0.717, 1.165) is 49.8 Å². The third-order valence-corrected chi connectivity index (χ3v) is 3.93. The summed E-state index contributed by atoms with van der Waals surface area (Å²) >= 11 is 0. The van der Waals surface area contributed by atoms with Crippen molar-refractivity contribution in [2.24, 2.45) is 5.73 Å². The molecule has 5 nitrogen and oxygen atoms in total. The van der Waals surface area contributed by atoms with Crippen LogP contribution in [0.4, 0.5) is 10.2 Å². The Hall–Kier alpha value is -2.05. The van der Waals surface area contributed by atoms with Gasteiger partial charge < -0.3 is 10.6 Å². The highest BCUT2D eigenvalue weighted by atomic mass is 19.1. The van der Waals surface area contributed by atoms with Crippen LogP contribution >= 0.6 is 0 Å². The van der Waals surface area contributed by atoms with Crippen molar-refractivity contribution >= 4 is 5.82 Å². The third kappa shape index (κ3) is 3.40. The molecule has 1 fully saturated rings. The molecule has 1 aliphatic heterocycles. The second-order valence-electron chi connectivity index (χ2n) is 5.40. The summed E-state index contributed by atoms with van der Waals surface area (Å²) in [6.07, 6.45) is 0. The lowest BCUT2D eigenvalue weighted by Gasteiger charge is -2.34. The number of nitrogens with two attached hydrogens (primary N) is 1. The zero-order valence-electron chi connectivity index (χ0n) is 12.5. The molecule has 0 amide bonds. The van der Waals surface area contributed by atoms with Crippen LogP contribution in [0.25, 0.3) is 11.3 Å². The predicted octanol–water partition coefficient (Wildman–Crippen LogP) is 1.36. The standard InChI is InChI=1S/C16H20FN5/c17-14-3-1-13(2-4-14)15-5-6-16(20-19-15)22-11-9-21(8-7-18)10-12-22/h1-6H,7-12,18H2. The van der Waals surface area contributed by atoms with Gasteiger partial charge in [-0.05, 0) is 36.4 Å². The lowest BCUT2D eigenvalue weighted by molar-refractivity contribution is 0.264. The molecule has 1 aromatic heterocycles. The molecule has 3 rings (SSSR count). The van der Waals surface area contributed by atoms with E-state index < -0.39 is 0 Å². The Morgan fingerprint density at radius 3 is 2.27 bits per heavy atom. The maximum atomic E-state index is 12.9.